The van der Waals surface area contributed by atoms with E-state index in [9.17, 15) is 10.1 Å². The van der Waals surface area contributed by atoms with Crippen LogP contribution in [-0.4, -0.2) is 14.9 Å². The van der Waals surface area contributed by atoms with E-state index in [1.54, 1.807) is 19.1 Å². The zero-order valence-corrected chi connectivity index (χ0v) is 11.4. The summed E-state index contributed by atoms with van der Waals surface area (Å²) in [6.45, 7) is 1.71. The van der Waals surface area contributed by atoms with E-state index in [-0.39, 0.29) is 23.3 Å². The van der Waals surface area contributed by atoms with Crippen molar-refractivity contribution in [2.24, 2.45) is 0 Å². The number of hydrogen-bond donors (Lipinski definition) is 1. The molecule has 0 saturated carbocycles. The van der Waals surface area contributed by atoms with Crippen LogP contribution < -0.4 is 10.5 Å². The number of para-hydroxylation sites is 1. The summed E-state index contributed by atoms with van der Waals surface area (Å²) in [6.07, 6.45) is 1.42. The van der Waals surface area contributed by atoms with Crippen LogP contribution in [0.5, 0.6) is 11.6 Å². The molecule has 7 nitrogen and oxygen atoms in total. The van der Waals surface area contributed by atoms with E-state index in [4.69, 9.17) is 10.5 Å². The third-order valence-corrected chi connectivity index (χ3v) is 2.86. The second-order valence-electron chi connectivity index (χ2n) is 3.66. The van der Waals surface area contributed by atoms with Gasteiger partial charge in [-0.1, -0.05) is 12.1 Å². The highest BCUT2D eigenvalue weighted by Crippen LogP contribution is 2.36. The predicted molar refractivity (Wildman–Crippen MR) is 72.1 cm³/mol. The Bertz CT molecular complexity index is 648. The number of aromatic nitrogens is 2. The van der Waals surface area contributed by atoms with Gasteiger partial charge in [-0.05, 0) is 28.4 Å². The van der Waals surface area contributed by atoms with E-state index in [0.717, 1.165) is 0 Å². The molecule has 0 radical (unpaired) electrons. The number of nitro groups is 1. The lowest BCUT2D eigenvalue weighted by molar-refractivity contribution is -0.385. The van der Waals surface area contributed by atoms with Gasteiger partial charge in [-0.2, -0.15) is 4.98 Å². The average Bonchev–Trinajstić information content (AvgIpc) is 2.35. The van der Waals surface area contributed by atoms with Crippen LogP contribution in [-0.2, 0) is 0 Å². The van der Waals surface area contributed by atoms with Crippen LogP contribution in [0.3, 0.4) is 0 Å². The van der Waals surface area contributed by atoms with Gasteiger partial charge in [-0.25, -0.2) is 4.98 Å². The molecule has 0 aliphatic carbocycles. The number of hydrogen-bond acceptors (Lipinski definition) is 6. The lowest BCUT2D eigenvalue weighted by Gasteiger charge is -2.09. The first kappa shape index (κ1) is 13.2. The van der Waals surface area contributed by atoms with Crippen molar-refractivity contribution in [2.75, 3.05) is 5.73 Å². The number of halogens is 1. The third kappa shape index (κ3) is 2.79. The maximum absolute atomic E-state index is 11.0. The van der Waals surface area contributed by atoms with Crippen LogP contribution in [0.25, 0.3) is 0 Å². The molecule has 0 aliphatic rings. The fraction of sp³-hybridized carbons (Fsp3) is 0.0909. The zero-order chi connectivity index (χ0) is 14.0. The van der Waals surface area contributed by atoms with E-state index in [2.05, 4.69) is 25.9 Å². The van der Waals surface area contributed by atoms with Crippen molar-refractivity contribution < 1.29 is 9.66 Å². The maximum atomic E-state index is 11.0. The largest absolute Gasteiger partial charge is 0.430 e. The summed E-state index contributed by atoms with van der Waals surface area (Å²) in [5.74, 6) is 0.283. The normalized spacial score (nSPS) is 10.2. The SMILES string of the molecule is Cc1cccc([N+](=O)[O-])c1Oc1nc(N)ncc1Br. The number of nitrogens with zero attached hydrogens (tertiary/aromatic N) is 3. The number of aryl methyl sites for hydroxylation is 1. The van der Waals surface area contributed by atoms with Gasteiger partial charge in [-0.15, -0.1) is 0 Å². The van der Waals surface area contributed by atoms with Gasteiger partial charge in [0.2, 0.25) is 17.6 Å². The maximum Gasteiger partial charge on any atom is 0.311 e. The van der Waals surface area contributed by atoms with Crippen LogP contribution in [0.1, 0.15) is 5.56 Å². The molecule has 1 heterocycles. The van der Waals surface area contributed by atoms with Crippen molar-refractivity contribution in [3.63, 3.8) is 0 Å². The minimum atomic E-state index is -0.513. The second-order valence-corrected chi connectivity index (χ2v) is 4.52. The molecule has 0 amide bonds. The van der Waals surface area contributed by atoms with Crippen molar-refractivity contribution in [1.29, 1.82) is 0 Å². The number of nitrogen functional groups attached to an aromatic ring is 1. The molecule has 2 aromatic rings. The monoisotopic (exact) mass is 324 g/mol. The number of benzene rings is 1. The first-order valence-corrected chi connectivity index (χ1v) is 5.98. The molecule has 0 saturated heterocycles. The quantitative estimate of drug-likeness (QED) is 0.687. The number of ether oxygens (including phenoxy) is 1. The molecular weight excluding hydrogens is 316 g/mol. The smallest absolute Gasteiger partial charge is 0.311 e. The van der Waals surface area contributed by atoms with E-state index in [1.165, 1.54) is 12.3 Å². The van der Waals surface area contributed by atoms with Gasteiger partial charge in [0.25, 0.3) is 0 Å². The highest BCUT2D eigenvalue weighted by atomic mass is 79.9. The summed E-state index contributed by atoms with van der Waals surface area (Å²) in [6, 6.07) is 4.66. The Morgan fingerprint density at radius 1 is 1.47 bits per heavy atom. The van der Waals surface area contributed by atoms with Crippen molar-refractivity contribution in [3.8, 4) is 11.6 Å². The third-order valence-electron chi connectivity index (χ3n) is 2.32. The summed E-state index contributed by atoms with van der Waals surface area (Å²) in [5, 5.41) is 11.0. The minimum absolute atomic E-state index is 0.0226. The molecule has 2 rings (SSSR count). The van der Waals surface area contributed by atoms with Gasteiger partial charge in [-0.3, -0.25) is 10.1 Å². The molecule has 19 heavy (non-hydrogen) atoms. The Morgan fingerprint density at radius 2 is 2.21 bits per heavy atom. The lowest BCUT2D eigenvalue weighted by Crippen LogP contribution is -2.00. The number of anilines is 1. The fourth-order valence-corrected chi connectivity index (χ4v) is 1.72. The molecule has 0 aliphatic heterocycles. The Kier molecular flexibility index (Phi) is 3.61. The first-order chi connectivity index (χ1) is 8.99. The molecule has 2 N–H and O–H groups in total. The summed E-state index contributed by atoms with van der Waals surface area (Å²) >= 11 is 3.20. The molecule has 1 aromatic heterocycles. The van der Waals surface area contributed by atoms with E-state index in [1.807, 2.05) is 0 Å². The Balaban J connectivity index is 2.49. The van der Waals surface area contributed by atoms with Gasteiger partial charge in [0.05, 0.1) is 15.6 Å². The van der Waals surface area contributed by atoms with Gasteiger partial charge >= 0.3 is 5.69 Å². The molecule has 0 unspecified atom stereocenters. The van der Waals surface area contributed by atoms with E-state index >= 15 is 0 Å². The van der Waals surface area contributed by atoms with Gasteiger partial charge < -0.3 is 10.5 Å². The molecule has 0 fully saturated rings. The molecule has 98 valence electrons. The van der Waals surface area contributed by atoms with E-state index < -0.39 is 4.92 Å². The van der Waals surface area contributed by atoms with Gasteiger partial charge in [0, 0.05) is 6.07 Å². The second kappa shape index (κ2) is 5.19. The van der Waals surface area contributed by atoms with Crippen molar-refractivity contribution in [3.05, 3.63) is 44.5 Å². The molecule has 8 heteroatoms. The van der Waals surface area contributed by atoms with Crippen molar-refractivity contribution >= 4 is 27.6 Å². The van der Waals surface area contributed by atoms with E-state index in [0.29, 0.717) is 10.0 Å². The summed E-state index contributed by atoms with van der Waals surface area (Å²) < 4.78 is 5.95. The lowest BCUT2D eigenvalue weighted by atomic mass is 10.2. The average molecular weight is 325 g/mol. The number of nitro benzene ring substituents is 1. The summed E-state index contributed by atoms with van der Waals surface area (Å²) in [7, 11) is 0. The topological polar surface area (TPSA) is 104 Å². The Morgan fingerprint density at radius 3 is 2.89 bits per heavy atom. The highest BCUT2D eigenvalue weighted by Gasteiger charge is 2.19. The standard InChI is InChI=1S/C11H9BrN4O3/c1-6-3-2-4-8(16(17)18)9(6)19-10-7(12)5-14-11(13)15-10/h2-5H,1H3,(H2,13,14,15). The summed E-state index contributed by atoms with van der Waals surface area (Å²) in [4.78, 5) is 18.1. The Hall–Kier alpha value is -2.22. The minimum Gasteiger partial charge on any atom is -0.430 e. The van der Waals surface area contributed by atoms with Crippen molar-refractivity contribution in [1.82, 2.24) is 9.97 Å². The Labute approximate surface area is 116 Å². The molecular formula is C11H9BrN4O3. The predicted octanol–water partition coefficient (Wildman–Crippen LogP) is 2.83. The zero-order valence-electron chi connectivity index (χ0n) is 9.83. The van der Waals surface area contributed by atoms with Crippen LogP contribution in [0.2, 0.25) is 0 Å². The van der Waals surface area contributed by atoms with Crippen LogP contribution >= 0.6 is 15.9 Å². The summed E-state index contributed by atoms with van der Waals surface area (Å²) in [5.41, 5.74) is 5.95. The van der Waals surface area contributed by atoms with Crippen LogP contribution in [0.15, 0.2) is 28.9 Å². The van der Waals surface area contributed by atoms with Crippen LogP contribution in [0.4, 0.5) is 11.6 Å². The fourth-order valence-electron chi connectivity index (χ4n) is 1.45. The van der Waals surface area contributed by atoms with Crippen LogP contribution in [0, 0.1) is 17.0 Å². The number of nitrogens with two attached hydrogens (primary N) is 1. The first-order valence-electron chi connectivity index (χ1n) is 5.19. The van der Waals surface area contributed by atoms with Gasteiger partial charge in [0.1, 0.15) is 0 Å². The molecule has 0 atom stereocenters. The highest BCUT2D eigenvalue weighted by molar-refractivity contribution is 9.10. The van der Waals surface area contributed by atoms with Crippen molar-refractivity contribution in [2.45, 2.75) is 6.92 Å². The van der Waals surface area contributed by atoms with Gasteiger partial charge in [0.15, 0.2) is 0 Å². The molecule has 0 spiro atoms. The molecule has 0 bridgehead atoms. The number of rotatable bonds is 3. The molecule has 1 aromatic carbocycles.